The van der Waals surface area contributed by atoms with E-state index in [0.29, 0.717) is 5.69 Å². The first-order valence-corrected chi connectivity index (χ1v) is 7.22. The van der Waals surface area contributed by atoms with Gasteiger partial charge in [0.2, 0.25) is 0 Å². The van der Waals surface area contributed by atoms with Crippen LogP contribution in [-0.4, -0.2) is 22.3 Å². The summed E-state index contributed by atoms with van der Waals surface area (Å²) >= 11 is 0. The van der Waals surface area contributed by atoms with Gasteiger partial charge in [-0.2, -0.15) is 10.2 Å². The first kappa shape index (κ1) is 15.7. The summed E-state index contributed by atoms with van der Waals surface area (Å²) in [5.41, 5.74) is 6.76. The fourth-order valence-electron chi connectivity index (χ4n) is 2.09. The Kier molecular flexibility index (Phi) is 5.25. The molecule has 0 saturated carbocycles. The first-order chi connectivity index (χ1) is 10.6. The zero-order valence-corrected chi connectivity index (χ0v) is 13.1. The second-order valence-electron chi connectivity index (χ2n) is 5.03. The molecule has 1 aromatic carbocycles. The Morgan fingerprint density at radius 2 is 2.09 bits per heavy atom. The van der Waals surface area contributed by atoms with Crippen LogP contribution < -0.4 is 5.43 Å². The van der Waals surface area contributed by atoms with Crippen molar-refractivity contribution < 1.29 is 4.79 Å². The third-order valence-electron chi connectivity index (χ3n) is 3.31. The van der Waals surface area contributed by atoms with Crippen molar-refractivity contribution in [2.45, 2.75) is 27.2 Å². The predicted molar refractivity (Wildman–Crippen MR) is 88.8 cm³/mol. The number of rotatable bonds is 5. The van der Waals surface area contributed by atoms with Gasteiger partial charge in [0.15, 0.2) is 5.69 Å². The standard InChI is InChI=1S/C17H20N4O/c1-4-15-13(3)16(20-19-15)17(22)21-18-11-12(2)10-14-8-6-5-7-9-14/h5-11H,4H2,1-3H3,(H,19,20)(H,21,22)/b12-10+,18-11-. The van der Waals surface area contributed by atoms with Crippen LogP contribution in [0, 0.1) is 6.92 Å². The van der Waals surface area contributed by atoms with Crippen molar-refractivity contribution in [3.63, 3.8) is 0 Å². The van der Waals surface area contributed by atoms with Gasteiger partial charge in [-0.15, -0.1) is 0 Å². The fourth-order valence-corrected chi connectivity index (χ4v) is 2.09. The van der Waals surface area contributed by atoms with Crippen LogP contribution in [0.3, 0.4) is 0 Å². The number of nitrogens with one attached hydrogen (secondary N) is 2. The molecule has 0 atom stereocenters. The minimum Gasteiger partial charge on any atom is -0.282 e. The maximum atomic E-state index is 12.0. The number of hydrogen-bond donors (Lipinski definition) is 2. The molecule has 22 heavy (non-hydrogen) atoms. The minimum atomic E-state index is -0.308. The molecule has 5 nitrogen and oxygen atoms in total. The summed E-state index contributed by atoms with van der Waals surface area (Å²) in [5, 5.41) is 10.9. The van der Waals surface area contributed by atoms with E-state index in [-0.39, 0.29) is 5.91 Å². The first-order valence-electron chi connectivity index (χ1n) is 7.22. The Morgan fingerprint density at radius 3 is 2.73 bits per heavy atom. The van der Waals surface area contributed by atoms with Gasteiger partial charge in [0, 0.05) is 11.3 Å². The van der Waals surface area contributed by atoms with Gasteiger partial charge in [-0.25, -0.2) is 5.43 Å². The zero-order valence-electron chi connectivity index (χ0n) is 13.1. The Morgan fingerprint density at radius 1 is 1.36 bits per heavy atom. The number of hydrazone groups is 1. The smallest absolute Gasteiger partial charge is 0.282 e. The van der Waals surface area contributed by atoms with Crippen LogP contribution in [0.25, 0.3) is 6.08 Å². The molecule has 0 aliphatic rings. The number of allylic oxidation sites excluding steroid dienone is 1. The molecule has 0 spiro atoms. The van der Waals surface area contributed by atoms with Crippen molar-refractivity contribution in [1.29, 1.82) is 0 Å². The van der Waals surface area contributed by atoms with E-state index in [1.807, 2.05) is 57.2 Å². The number of H-pyrrole nitrogens is 1. The van der Waals surface area contributed by atoms with Gasteiger partial charge in [-0.3, -0.25) is 9.89 Å². The van der Waals surface area contributed by atoms with Crippen molar-refractivity contribution in [1.82, 2.24) is 15.6 Å². The van der Waals surface area contributed by atoms with Crippen molar-refractivity contribution in [3.8, 4) is 0 Å². The number of benzene rings is 1. The maximum Gasteiger partial charge on any atom is 0.292 e. The topological polar surface area (TPSA) is 70.1 Å². The lowest BCUT2D eigenvalue weighted by Gasteiger charge is -1.98. The molecule has 1 aromatic heterocycles. The lowest BCUT2D eigenvalue weighted by molar-refractivity contribution is 0.0949. The number of hydrogen-bond acceptors (Lipinski definition) is 3. The molecule has 2 N–H and O–H groups in total. The average Bonchev–Trinajstić information content (AvgIpc) is 2.89. The van der Waals surface area contributed by atoms with E-state index in [4.69, 9.17) is 0 Å². The van der Waals surface area contributed by atoms with E-state index in [9.17, 15) is 4.79 Å². The van der Waals surface area contributed by atoms with Crippen LogP contribution in [-0.2, 0) is 6.42 Å². The molecule has 0 aliphatic carbocycles. The average molecular weight is 296 g/mol. The molecule has 1 heterocycles. The Labute approximate surface area is 130 Å². The SMILES string of the molecule is CCc1[nH]nc(C(=O)N/N=C\C(C)=C\c2ccccc2)c1C. The molecule has 114 valence electrons. The van der Waals surface area contributed by atoms with Crippen molar-refractivity contribution in [2.24, 2.45) is 5.10 Å². The molecule has 0 unspecified atom stereocenters. The monoisotopic (exact) mass is 296 g/mol. The lowest BCUT2D eigenvalue weighted by Crippen LogP contribution is -2.19. The molecule has 1 amide bonds. The number of nitrogens with zero attached hydrogens (tertiary/aromatic N) is 2. The quantitative estimate of drug-likeness (QED) is 0.657. The number of carbonyl (C=O) groups excluding carboxylic acids is 1. The summed E-state index contributed by atoms with van der Waals surface area (Å²) < 4.78 is 0. The number of amides is 1. The van der Waals surface area contributed by atoms with Gasteiger partial charge >= 0.3 is 0 Å². The molecule has 2 aromatic rings. The number of aromatic nitrogens is 2. The van der Waals surface area contributed by atoms with Crippen LogP contribution in [0.1, 0.15) is 41.2 Å². The Bertz CT molecular complexity index is 699. The molecular formula is C17H20N4O. The van der Waals surface area contributed by atoms with Crippen LogP contribution in [0.15, 0.2) is 41.0 Å². The van der Waals surface area contributed by atoms with Crippen molar-refractivity contribution >= 4 is 18.2 Å². The summed E-state index contributed by atoms with van der Waals surface area (Å²) in [5.74, 6) is -0.308. The molecule has 5 heteroatoms. The van der Waals surface area contributed by atoms with Crippen molar-refractivity contribution in [3.05, 3.63) is 58.4 Å². The van der Waals surface area contributed by atoms with Gasteiger partial charge in [0.1, 0.15) is 0 Å². The van der Waals surface area contributed by atoms with E-state index < -0.39 is 0 Å². The predicted octanol–water partition coefficient (Wildman–Crippen LogP) is 3.10. The van der Waals surface area contributed by atoms with E-state index in [2.05, 4.69) is 20.7 Å². The van der Waals surface area contributed by atoms with Crippen molar-refractivity contribution in [2.75, 3.05) is 0 Å². The largest absolute Gasteiger partial charge is 0.292 e. The van der Waals surface area contributed by atoms with Gasteiger partial charge in [0.25, 0.3) is 5.91 Å². The van der Waals surface area contributed by atoms with E-state index in [1.165, 1.54) is 0 Å². The number of carbonyl (C=O) groups is 1. The maximum absolute atomic E-state index is 12.0. The van der Waals surface area contributed by atoms with Gasteiger partial charge in [-0.05, 0) is 31.4 Å². The Hall–Kier alpha value is -2.69. The van der Waals surface area contributed by atoms with Gasteiger partial charge < -0.3 is 0 Å². The van der Waals surface area contributed by atoms with E-state index >= 15 is 0 Å². The Balaban J connectivity index is 1.98. The lowest BCUT2D eigenvalue weighted by atomic mass is 10.1. The third-order valence-corrected chi connectivity index (χ3v) is 3.31. The summed E-state index contributed by atoms with van der Waals surface area (Å²) in [6.07, 6.45) is 4.42. The molecule has 0 aliphatic heterocycles. The molecule has 0 bridgehead atoms. The van der Waals surface area contributed by atoms with Gasteiger partial charge in [0.05, 0.1) is 6.21 Å². The minimum absolute atomic E-state index is 0.308. The second kappa shape index (κ2) is 7.36. The molecule has 0 radical (unpaired) electrons. The number of aromatic amines is 1. The van der Waals surface area contributed by atoms with E-state index in [1.54, 1.807) is 6.21 Å². The highest BCUT2D eigenvalue weighted by Gasteiger charge is 2.14. The highest BCUT2D eigenvalue weighted by molar-refractivity contribution is 5.94. The van der Waals surface area contributed by atoms with E-state index in [0.717, 1.165) is 28.8 Å². The van der Waals surface area contributed by atoms with Gasteiger partial charge in [-0.1, -0.05) is 43.3 Å². The van der Waals surface area contributed by atoms with Crippen LogP contribution in [0.5, 0.6) is 0 Å². The zero-order chi connectivity index (χ0) is 15.9. The second-order valence-corrected chi connectivity index (χ2v) is 5.03. The molecule has 2 rings (SSSR count). The summed E-state index contributed by atoms with van der Waals surface area (Å²) in [7, 11) is 0. The van der Waals surface area contributed by atoms with Crippen LogP contribution in [0.4, 0.5) is 0 Å². The molecule has 0 saturated heterocycles. The highest BCUT2D eigenvalue weighted by atomic mass is 16.2. The summed E-state index contributed by atoms with van der Waals surface area (Å²) in [6.45, 7) is 5.82. The van der Waals surface area contributed by atoms with Crippen LogP contribution >= 0.6 is 0 Å². The fraction of sp³-hybridized carbons (Fsp3) is 0.235. The normalized spacial score (nSPS) is 11.9. The summed E-state index contributed by atoms with van der Waals surface area (Å²) in [4.78, 5) is 12.0. The number of aryl methyl sites for hydroxylation is 1. The van der Waals surface area contributed by atoms with Crippen LogP contribution in [0.2, 0.25) is 0 Å². The highest BCUT2D eigenvalue weighted by Crippen LogP contribution is 2.10. The summed E-state index contributed by atoms with van der Waals surface area (Å²) in [6, 6.07) is 9.94. The molecule has 0 fully saturated rings. The molecular weight excluding hydrogens is 276 g/mol. The third kappa shape index (κ3) is 3.91.